The summed E-state index contributed by atoms with van der Waals surface area (Å²) in [6.45, 7) is 1.68. The zero-order valence-corrected chi connectivity index (χ0v) is 11.6. The minimum Gasteiger partial charge on any atom is -0.345 e. The monoisotopic (exact) mass is 312 g/mol. The van der Waals surface area contributed by atoms with Crippen LogP contribution in [0.2, 0.25) is 0 Å². The van der Waals surface area contributed by atoms with Crippen LogP contribution >= 0.6 is 11.3 Å². The second kappa shape index (κ2) is 5.96. The summed E-state index contributed by atoms with van der Waals surface area (Å²) < 4.78 is 27.2. The minimum atomic E-state index is -1.35. The predicted molar refractivity (Wildman–Crippen MR) is 73.2 cm³/mol. The number of nitro benzene ring substituents is 1. The van der Waals surface area contributed by atoms with Gasteiger partial charge in [-0.15, -0.1) is 11.3 Å². The molecule has 1 N–H and O–H groups in total. The third kappa shape index (κ3) is 3.22. The molecule has 2 aromatic rings. The average Bonchev–Trinajstić information content (AvgIpc) is 2.94. The summed E-state index contributed by atoms with van der Waals surface area (Å²) in [5.41, 5.74) is -1.76. The fourth-order valence-electron chi connectivity index (χ4n) is 1.76. The second-order valence-corrected chi connectivity index (χ2v) is 5.23. The molecule has 1 unspecified atom stereocenters. The van der Waals surface area contributed by atoms with Gasteiger partial charge < -0.3 is 5.32 Å². The van der Waals surface area contributed by atoms with Gasteiger partial charge in [-0.05, 0) is 24.4 Å². The van der Waals surface area contributed by atoms with Gasteiger partial charge in [0.2, 0.25) is 5.82 Å². The van der Waals surface area contributed by atoms with Crippen molar-refractivity contribution >= 4 is 22.9 Å². The Balaban J connectivity index is 2.29. The maximum atomic E-state index is 13.9. The second-order valence-electron chi connectivity index (χ2n) is 4.25. The Bertz CT molecular complexity index is 689. The highest BCUT2D eigenvalue weighted by molar-refractivity contribution is 7.10. The van der Waals surface area contributed by atoms with Crippen molar-refractivity contribution in [2.24, 2.45) is 0 Å². The van der Waals surface area contributed by atoms with Crippen molar-refractivity contribution in [1.29, 1.82) is 0 Å². The van der Waals surface area contributed by atoms with Gasteiger partial charge in [0.15, 0.2) is 0 Å². The SMILES string of the molecule is CC(NC(=O)c1cc(F)cc([N+](=O)[O-])c1F)c1cccs1. The van der Waals surface area contributed by atoms with E-state index in [4.69, 9.17) is 0 Å². The van der Waals surface area contributed by atoms with Gasteiger partial charge in [-0.1, -0.05) is 6.07 Å². The van der Waals surface area contributed by atoms with Gasteiger partial charge in [-0.25, -0.2) is 4.39 Å². The molecule has 0 spiro atoms. The number of thiophene rings is 1. The molecule has 21 heavy (non-hydrogen) atoms. The van der Waals surface area contributed by atoms with Crippen molar-refractivity contribution in [2.45, 2.75) is 13.0 Å². The van der Waals surface area contributed by atoms with Crippen LogP contribution < -0.4 is 5.32 Å². The number of nitrogens with zero attached hydrogens (tertiary/aromatic N) is 1. The van der Waals surface area contributed by atoms with Crippen LogP contribution in [0.4, 0.5) is 14.5 Å². The molecule has 5 nitrogen and oxygen atoms in total. The van der Waals surface area contributed by atoms with Gasteiger partial charge in [0.05, 0.1) is 22.6 Å². The topological polar surface area (TPSA) is 72.2 Å². The van der Waals surface area contributed by atoms with E-state index in [1.54, 1.807) is 19.1 Å². The first-order valence-electron chi connectivity index (χ1n) is 5.88. The summed E-state index contributed by atoms with van der Waals surface area (Å²) >= 11 is 1.39. The molecule has 0 bridgehead atoms. The van der Waals surface area contributed by atoms with Crippen molar-refractivity contribution in [1.82, 2.24) is 5.32 Å². The van der Waals surface area contributed by atoms with Crippen LogP contribution in [0.3, 0.4) is 0 Å². The van der Waals surface area contributed by atoms with E-state index in [0.29, 0.717) is 12.1 Å². The molecule has 1 amide bonds. The third-order valence-corrected chi connectivity index (χ3v) is 3.83. The number of nitrogens with one attached hydrogen (secondary N) is 1. The molecule has 8 heteroatoms. The molecule has 110 valence electrons. The number of halogens is 2. The van der Waals surface area contributed by atoms with Crippen LogP contribution in [0, 0.1) is 21.7 Å². The summed E-state index contributed by atoms with van der Waals surface area (Å²) in [5.74, 6) is -3.30. The molecule has 0 aliphatic heterocycles. The van der Waals surface area contributed by atoms with E-state index >= 15 is 0 Å². The molecular formula is C13H10F2N2O3S. The summed E-state index contributed by atoms with van der Waals surface area (Å²) in [6, 6.07) is 4.23. The largest absolute Gasteiger partial charge is 0.345 e. The van der Waals surface area contributed by atoms with Crippen LogP contribution in [-0.4, -0.2) is 10.8 Å². The number of rotatable bonds is 4. The molecule has 0 radical (unpaired) electrons. The molecule has 0 fully saturated rings. The standard InChI is InChI=1S/C13H10F2N2O3S/c1-7(11-3-2-4-21-11)16-13(18)9-5-8(14)6-10(12(9)15)17(19)20/h2-7H,1H3,(H,16,18). The van der Waals surface area contributed by atoms with E-state index in [1.165, 1.54) is 11.3 Å². The Morgan fingerprint density at radius 2 is 2.14 bits per heavy atom. The molecule has 0 aliphatic rings. The summed E-state index contributed by atoms with van der Waals surface area (Å²) in [5, 5.41) is 14.9. The maximum Gasteiger partial charge on any atom is 0.308 e. The maximum absolute atomic E-state index is 13.9. The van der Waals surface area contributed by atoms with Gasteiger partial charge in [-0.2, -0.15) is 4.39 Å². The van der Waals surface area contributed by atoms with Gasteiger partial charge in [-0.3, -0.25) is 14.9 Å². The molecule has 2 rings (SSSR count). The minimum absolute atomic E-state index is 0.417. The lowest BCUT2D eigenvalue weighted by Crippen LogP contribution is -2.27. The Morgan fingerprint density at radius 1 is 1.43 bits per heavy atom. The van der Waals surface area contributed by atoms with Crippen LogP contribution in [-0.2, 0) is 0 Å². The van der Waals surface area contributed by atoms with E-state index in [1.807, 2.05) is 5.38 Å². The van der Waals surface area contributed by atoms with Crippen molar-refractivity contribution in [3.8, 4) is 0 Å². The molecule has 0 saturated heterocycles. The first-order chi connectivity index (χ1) is 9.90. The van der Waals surface area contributed by atoms with E-state index in [9.17, 15) is 23.7 Å². The molecule has 1 aromatic carbocycles. The van der Waals surface area contributed by atoms with E-state index in [-0.39, 0.29) is 0 Å². The molecule has 1 heterocycles. The van der Waals surface area contributed by atoms with Crippen molar-refractivity contribution < 1.29 is 18.5 Å². The molecule has 1 aromatic heterocycles. The summed E-state index contributed by atoms with van der Waals surface area (Å²) in [7, 11) is 0. The van der Waals surface area contributed by atoms with Gasteiger partial charge in [0.1, 0.15) is 5.82 Å². The van der Waals surface area contributed by atoms with Crippen LogP contribution in [0.15, 0.2) is 29.6 Å². The average molecular weight is 312 g/mol. The Kier molecular flexibility index (Phi) is 4.27. The number of carbonyl (C=O) groups is 1. The summed E-state index contributed by atoms with van der Waals surface area (Å²) in [6.07, 6.45) is 0. The number of amides is 1. The van der Waals surface area contributed by atoms with Crippen molar-refractivity contribution in [3.05, 3.63) is 61.8 Å². The third-order valence-electron chi connectivity index (χ3n) is 2.78. The fourth-order valence-corrected chi connectivity index (χ4v) is 2.49. The first-order valence-corrected chi connectivity index (χ1v) is 6.76. The molecule has 0 saturated carbocycles. The van der Waals surface area contributed by atoms with Gasteiger partial charge >= 0.3 is 5.69 Å². The zero-order chi connectivity index (χ0) is 15.6. The first kappa shape index (κ1) is 15.0. The Morgan fingerprint density at radius 3 is 2.71 bits per heavy atom. The predicted octanol–water partition coefficient (Wildman–Crippen LogP) is 3.43. The van der Waals surface area contributed by atoms with E-state index in [0.717, 1.165) is 4.88 Å². The van der Waals surface area contributed by atoms with E-state index in [2.05, 4.69) is 5.32 Å². The number of carbonyl (C=O) groups excluding carboxylic acids is 1. The van der Waals surface area contributed by atoms with Crippen molar-refractivity contribution in [3.63, 3.8) is 0 Å². The number of hydrogen-bond acceptors (Lipinski definition) is 4. The highest BCUT2D eigenvalue weighted by Crippen LogP contribution is 2.24. The van der Waals surface area contributed by atoms with Crippen LogP contribution in [0.1, 0.15) is 28.2 Å². The van der Waals surface area contributed by atoms with Crippen molar-refractivity contribution in [2.75, 3.05) is 0 Å². The quantitative estimate of drug-likeness (QED) is 0.694. The highest BCUT2D eigenvalue weighted by Gasteiger charge is 2.25. The number of hydrogen-bond donors (Lipinski definition) is 1. The normalized spacial score (nSPS) is 12.0. The van der Waals surface area contributed by atoms with Crippen LogP contribution in [0.5, 0.6) is 0 Å². The molecular weight excluding hydrogens is 302 g/mol. The zero-order valence-electron chi connectivity index (χ0n) is 10.8. The lowest BCUT2D eigenvalue weighted by Gasteiger charge is -2.12. The summed E-state index contributed by atoms with van der Waals surface area (Å²) in [4.78, 5) is 22.3. The lowest BCUT2D eigenvalue weighted by atomic mass is 10.1. The van der Waals surface area contributed by atoms with Crippen LogP contribution in [0.25, 0.3) is 0 Å². The Labute approximate surface area is 122 Å². The highest BCUT2D eigenvalue weighted by atomic mass is 32.1. The number of benzene rings is 1. The smallest absolute Gasteiger partial charge is 0.308 e. The van der Waals surface area contributed by atoms with E-state index < -0.39 is 39.8 Å². The van der Waals surface area contributed by atoms with Gasteiger partial charge in [0, 0.05) is 4.88 Å². The van der Waals surface area contributed by atoms with Gasteiger partial charge in [0.25, 0.3) is 5.91 Å². The fraction of sp³-hybridized carbons (Fsp3) is 0.154. The lowest BCUT2D eigenvalue weighted by molar-refractivity contribution is -0.387. The molecule has 1 atom stereocenters. The number of nitro groups is 1. The Hall–Kier alpha value is -2.35. The molecule has 0 aliphatic carbocycles.